The van der Waals surface area contributed by atoms with Gasteiger partial charge in [0.1, 0.15) is 6.10 Å². The lowest BCUT2D eigenvalue weighted by atomic mass is 9.77. The molecule has 0 spiro atoms. The van der Waals surface area contributed by atoms with Crippen molar-refractivity contribution in [2.24, 2.45) is 11.8 Å². The van der Waals surface area contributed by atoms with E-state index in [2.05, 4.69) is 26.0 Å². The van der Waals surface area contributed by atoms with Crippen LogP contribution in [0.2, 0.25) is 0 Å². The Morgan fingerprint density at radius 1 is 0.828 bits per heavy atom. The van der Waals surface area contributed by atoms with E-state index in [4.69, 9.17) is 4.74 Å². The van der Waals surface area contributed by atoms with Crippen LogP contribution in [0.25, 0.3) is 0 Å². The topological polar surface area (TPSA) is 26.3 Å². The normalized spacial score (nSPS) is 27.5. The van der Waals surface area contributed by atoms with Crippen LogP contribution in [0.4, 0.5) is 0 Å². The highest BCUT2D eigenvalue weighted by molar-refractivity contribution is 5.89. The molecule has 2 saturated carbocycles. The molecule has 0 aliphatic heterocycles. The van der Waals surface area contributed by atoms with Crippen LogP contribution in [-0.4, -0.2) is 12.1 Å². The Bertz CT molecular complexity index is 589. The summed E-state index contributed by atoms with van der Waals surface area (Å²) in [6.07, 6.45) is 18.2. The molecule has 0 bridgehead atoms. The zero-order chi connectivity index (χ0) is 20.5. The Hall–Kier alpha value is -1.31. The van der Waals surface area contributed by atoms with Gasteiger partial charge in [0.25, 0.3) is 0 Å². The highest BCUT2D eigenvalue weighted by atomic mass is 16.5. The number of carbonyl (C=O) groups is 1. The van der Waals surface area contributed by atoms with Gasteiger partial charge in [-0.2, -0.15) is 0 Å². The Balaban J connectivity index is 1.41. The third-order valence-corrected chi connectivity index (χ3v) is 7.58. The SMILES string of the molecule is CCCCCCC1CCC(c2ccc(C(=O)OC3CCC(CC)CC3)cc2)CC1. The molecule has 2 nitrogen and oxygen atoms in total. The maximum atomic E-state index is 12.5. The van der Waals surface area contributed by atoms with Gasteiger partial charge in [-0.1, -0.05) is 64.5 Å². The van der Waals surface area contributed by atoms with Crippen molar-refractivity contribution >= 4 is 5.97 Å². The molecule has 0 heterocycles. The van der Waals surface area contributed by atoms with E-state index in [1.807, 2.05) is 12.1 Å². The highest BCUT2D eigenvalue weighted by Crippen LogP contribution is 2.38. The number of benzene rings is 1. The molecule has 0 amide bonds. The molecule has 0 atom stereocenters. The minimum atomic E-state index is -0.132. The maximum Gasteiger partial charge on any atom is 0.338 e. The van der Waals surface area contributed by atoms with Crippen LogP contribution in [0.5, 0.6) is 0 Å². The fraction of sp³-hybridized carbons (Fsp3) is 0.741. The van der Waals surface area contributed by atoms with Crippen LogP contribution in [0.3, 0.4) is 0 Å². The monoisotopic (exact) mass is 398 g/mol. The van der Waals surface area contributed by atoms with Crippen molar-refractivity contribution in [1.29, 1.82) is 0 Å². The summed E-state index contributed by atoms with van der Waals surface area (Å²) in [4.78, 5) is 12.5. The Labute approximate surface area is 178 Å². The lowest BCUT2D eigenvalue weighted by Gasteiger charge is -2.29. The van der Waals surface area contributed by atoms with Crippen molar-refractivity contribution in [3.63, 3.8) is 0 Å². The lowest BCUT2D eigenvalue weighted by molar-refractivity contribution is 0.0164. The smallest absolute Gasteiger partial charge is 0.338 e. The molecule has 2 aliphatic rings. The van der Waals surface area contributed by atoms with Gasteiger partial charge >= 0.3 is 5.97 Å². The summed E-state index contributed by atoms with van der Waals surface area (Å²) in [6, 6.07) is 8.34. The van der Waals surface area contributed by atoms with Crippen LogP contribution in [0, 0.1) is 11.8 Å². The molecule has 162 valence electrons. The first-order chi connectivity index (χ1) is 14.2. The molecule has 1 aromatic rings. The van der Waals surface area contributed by atoms with E-state index in [1.54, 1.807) is 0 Å². The largest absolute Gasteiger partial charge is 0.459 e. The molecule has 0 N–H and O–H groups in total. The van der Waals surface area contributed by atoms with Gasteiger partial charge in [-0.15, -0.1) is 0 Å². The van der Waals surface area contributed by atoms with Gasteiger partial charge in [0.2, 0.25) is 0 Å². The van der Waals surface area contributed by atoms with Crippen LogP contribution in [-0.2, 0) is 4.74 Å². The maximum absolute atomic E-state index is 12.5. The number of unbranched alkanes of at least 4 members (excludes halogenated alkanes) is 3. The standard InChI is InChI=1S/C27H42O2/c1-3-5-6-7-8-22-9-13-23(14-10-22)24-15-17-25(18-16-24)27(28)29-26-19-11-21(4-2)12-20-26/h15-18,21-23,26H,3-14,19-20H2,1-2H3. The molecule has 3 rings (SSSR count). The molecule has 2 fully saturated rings. The van der Waals surface area contributed by atoms with Gasteiger partial charge in [0.05, 0.1) is 5.56 Å². The Kier molecular flexibility index (Phi) is 9.08. The van der Waals surface area contributed by atoms with Gasteiger partial charge in [-0.25, -0.2) is 4.79 Å². The summed E-state index contributed by atoms with van der Waals surface area (Å²) in [7, 11) is 0. The summed E-state index contributed by atoms with van der Waals surface area (Å²) in [5.74, 6) is 2.32. The second kappa shape index (κ2) is 11.8. The molecule has 0 saturated heterocycles. The number of carbonyl (C=O) groups excluding carboxylic acids is 1. The number of esters is 1. The fourth-order valence-electron chi connectivity index (χ4n) is 5.41. The van der Waals surface area contributed by atoms with E-state index in [1.165, 1.54) is 82.6 Å². The number of rotatable bonds is 9. The second-order valence-electron chi connectivity index (χ2n) is 9.65. The molecular formula is C27H42O2. The van der Waals surface area contributed by atoms with Crippen molar-refractivity contribution in [3.05, 3.63) is 35.4 Å². The van der Waals surface area contributed by atoms with E-state index in [-0.39, 0.29) is 12.1 Å². The average Bonchev–Trinajstić information content (AvgIpc) is 2.78. The third kappa shape index (κ3) is 6.86. The molecule has 2 aliphatic carbocycles. The van der Waals surface area contributed by atoms with Crippen LogP contribution in [0.1, 0.15) is 126 Å². The summed E-state index contributed by atoms with van der Waals surface area (Å²) < 4.78 is 5.79. The zero-order valence-electron chi connectivity index (χ0n) is 18.8. The highest BCUT2D eigenvalue weighted by Gasteiger charge is 2.24. The number of ether oxygens (including phenoxy) is 1. The molecule has 2 heteroatoms. The Morgan fingerprint density at radius 3 is 2.10 bits per heavy atom. The summed E-state index contributed by atoms with van der Waals surface area (Å²) in [5.41, 5.74) is 2.13. The molecule has 0 unspecified atom stereocenters. The summed E-state index contributed by atoms with van der Waals surface area (Å²) >= 11 is 0. The first kappa shape index (κ1) is 22.4. The van der Waals surface area contributed by atoms with Crippen molar-refractivity contribution in [2.45, 2.75) is 116 Å². The fourth-order valence-corrected chi connectivity index (χ4v) is 5.41. The lowest BCUT2D eigenvalue weighted by Crippen LogP contribution is -2.24. The van der Waals surface area contributed by atoms with Crippen molar-refractivity contribution in [2.75, 3.05) is 0 Å². The van der Waals surface area contributed by atoms with Crippen LogP contribution >= 0.6 is 0 Å². The van der Waals surface area contributed by atoms with Gasteiger partial charge in [0, 0.05) is 0 Å². The first-order valence-corrected chi connectivity index (χ1v) is 12.5. The first-order valence-electron chi connectivity index (χ1n) is 12.5. The molecule has 29 heavy (non-hydrogen) atoms. The predicted molar refractivity (Wildman–Crippen MR) is 121 cm³/mol. The second-order valence-corrected chi connectivity index (χ2v) is 9.65. The van der Waals surface area contributed by atoms with E-state index in [0.29, 0.717) is 5.92 Å². The van der Waals surface area contributed by atoms with Gasteiger partial charge in [-0.05, 0) is 86.8 Å². The van der Waals surface area contributed by atoms with Gasteiger partial charge < -0.3 is 4.74 Å². The molecule has 0 radical (unpaired) electrons. The molecular weight excluding hydrogens is 356 g/mol. The van der Waals surface area contributed by atoms with E-state index >= 15 is 0 Å². The van der Waals surface area contributed by atoms with E-state index in [0.717, 1.165) is 30.2 Å². The van der Waals surface area contributed by atoms with Gasteiger partial charge in [-0.3, -0.25) is 0 Å². The van der Waals surface area contributed by atoms with Crippen LogP contribution in [0.15, 0.2) is 24.3 Å². The summed E-state index contributed by atoms with van der Waals surface area (Å²) in [5, 5.41) is 0. The number of hydrogen-bond donors (Lipinski definition) is 0. The minimum absolute atomic E-state index is 0.123. The zero-order valence-corrected chi connectivity index (χ0v) is 18.8. The molecule has 1 aromatic carbocycles. The number of hydrogen-bond acceptors (Lipinski definition) is 2. The van der Waals surface area contributed by atoms with Crippen molar-refractivity contribution < 1.29 is 9.53 Å². The third-order valence-electron chi connectivity index (χ3n) is 7.58. The predicted octanol–water partition coefficient (Wildman–Crippen LogP) is 8.06. The molecule has 0 aromatic heterocycles. The van der Waals surface area contributed by atoms with Crippen LogP contribution < -0.4 is 0 Å². The average molecular weight is 399 g/mol. The minimum Gasteiger partial charge on any atom is -0.459 e. The van der Waals surface area contributed by atoms with Gasteiger partial charge in [0.15, 0.2) is 0 Å². The summed E-state index contributed by atoms with van der Waals surface area (Å²) in [6.45, 7) is 4.55. The van der Waals surface area contributed by atoms with Crippen molar-refractivity contribution in [3.8, 4) is 0 Å². The Morgan fingerprint density at radius 2 is 1.48 bits per heavy atom. The quantitative estimate of drug-likeness (QED) is 0.310. The van der Waals surface area contributed by atoms with Crippen molar-refractivity contribution in [1.82, 2.24) is 0 Å². The van der Waals surface area contributed by atoms with E-state index < -0.39 is 0 Å². The van der Waals surface area contributed by atoms with E-state index in [9.17, 15) is 4.79 Å².